The molecule has 0 bridgehead atoms. The normalized spacial score (nSPS) is 11.4. The summed E-state index contributed by atoms with van der Waals surface area (Å²) in [5.74, 6) is 0.669. The van der Waals surface area contributed by atoms with E-state index in [2.05, 4.69) is 5.32 Å². The second kappa shape index (κ2) is 6.77. The molecule has 0 spiro atoms. The second-order valence-electron chi connectivity index (χ2n) is 3.32. The van der Waals surface area contributed by atoms with Crippen LogP contribution in [0, 0.1) is 11.3 Å². The summed E-state index contributed by atoms with van der Waals surface area (Å²) in [7, 11) is 0. The minimum Gasteiger partial charge on any atom is -0.358 e. The first-order valence-electron chi connectivity index (χ1n) is 5.29. The molecule has 0 aliphatic heterocycles. The highest BCUT2D eigenvalue weighted by molar-refractivity contribution is 8.14. The zero-order chi connectivity index (χ0) is 12.7. The zero-order valence-corrected chi connectivity index (χ0v) is 10.7. The summed E-state index contributed by atoms with van der Waals surface area (Å²) in [6.45, 7) is 3.62. The Kier molecular flexibility index (Phi) is 5.31. The number of hydrogen-bond donors (Lipinski definition) is 1. The van der Waals surface area contributed by atoms with E-state index in [1.54, 1.807) is 6.92 Å². The van der Waals surface area contributed by atoms with Crippen molar-refractivity contribution in [3.63, 3.8) is 0 Å². The third-order valence-corrected chi connectivity index (χ3v) is 2.83. The molecule has 1 rings (SSSR count). The van der Waals surface area contributed by atoms with Gasteiger partial charge >= 0.3 is 0 Å². The number of para-hydroxylation sites is 1. The van der Waals surface area contributed by atoms with Gasteiger partial charge in [-0.05, 0) is 24.8 Å². The molecule has 0 radical (unpaired) electrons. The van der Waals surface area contributed by atoms with Gasteiger partial charge in [0.1, 0.15) is 11.6 Å². The number of nitrogens with zero attached hydrogens (tertiary/aromatic N) is 1. The Morgan fingerprint density at radius 3 is 2.59 bits per heavy atom. The van der Waals surface area contributed by atoms with Crippen molar-refractivity contribution >= 4 is 22.6 Å². The second-order valence-corrected chi connectivity index (χ2v) is 4.56. The topological polar surface area (TPSA) is 52.9 Å². The van der Waals surface area contributed by atoms with E-state index in [-0.39, 0.29) is 10.7 Å². The molecule has 0 saturated heterocycles. The van der Waals surface area contributed by atoms with Gasteiger partial charge in [-0.25, -0.2) is 0 Å². The van der Waals surface area contributed by atoms with Crippen molar-refractivity contribution in [1.29, 1.82) is 5.26 Å². The van der Waals surface area contributed by atoms with Crippen molar-refractivity contribution in [3.8, 4) is 6.07 Å². The fraction of sp³-hybridized carbons (Fsp3) is 0.231. The minimum atomic E-state index is -0.184. The fourth-order valence-electron chi connectivity index (χ4n) is 1.29. The van der Waals surface area contributed by atoms with Crippen LogP contribution in [0.2, 0.25) is 0 Å². The van der Waals surface area contributed by atoms with Crippen LogP contribution in [0.25, 0.3) is 0 Å². The number of benzene rings is 1. The number of anilines is 1. The van der Waals surface area contributed by atoms with Crippen LogP contribution in [0.5, 0.6) is 0 Å². The van der Waals surface area contributed by atoms with E-state index in [9.17, 15) is 4.79 Å². The van der Waals surface area contributed by atoms with Crippen molar-refractivity contribution in [3.05, 3.63) is 41.6 Å². The SMILES string of the molecule is CCSC(=O)C(C#N)=C(C)Nc1ccccc1. The number of carbonyl (C=O) groups is 1. The summed E-state index contributed by atoms with van der Waals surface area (Å²) < 4.78 is 0. The largest absolute Gasteiger partial charge is 0.358 e. The van der Waals surface area contributed by atoms with Gasteiger partial charge in [-0.1, -0.05) is 36.9 Å². The monoisotopic (exact) mass is 246 g/mol. The average Bonchev–Trinajstić information content (AvgIpc) is 2.31. The van der Waals surface area contributed by atoms with Crippen LogP contribution in [0.3, 0.4) is 0 Å². The molecular weight excluding hydrogens is 232 g/mol. The van der Waals surface area contributed by atoms with Crippen LogP contribution >= 0.6 is 11.8 Å². The van der Waals surface area contributed by atoms with Crippen molar-refractivity contribution in [2.45, 2.75) is 13.8 Å². The lowest BCUT2D eigenvalue weighted by atomic mass is 10.2. The predicted octanol–water partition coefficient (Wildman–Crippen LogP) is 3.18. The van der Waals surface area contributed by atoms with Crippen molar-refractivity contribution in [2.24, 2.45) is 0 Å². The number of rotatable bonds is 4. The standard InChI is InChI=1S/C13H14N2OS/c1-3-17-13(16)12(9-14)10(2)15-11-7-5-4-6-8-11/h4-8,15H,3H2,1-2H3. The molecule has 0 unspecified atom stereocenters. The van der Waals surface area contributed by atoms with Gasteiger partial charge in [0.15, 0.2) is 0 Å². The first kappa shape index (κ1) is 13.3. The molecule has 1 aromatic carbocycles. The number of hydrogen-bond acceptors (Lipinski definition) is 4. The maximum absolute atomic E-state index is 11.6. The number of allylic oxidation sites excluding steroid dienone is 1. The van der Waals surface area contributed by atoms with E-state index < -0.39 is 0 Å². The average molecular weight is 246 g/mol. The lowest BCUT2D eigenvalue weighted by Crippen LogP contribution is -2.05. The Balaban J connectivity index is 2.88. The highest BCUT2D eigenvalue weighted by atomic mass is 32.2. The van der Waals surface area contributed by atoms with Gasteiger partial charge in [-0.2, -0.15) is 5.26 Å². The lowest BCUT2D eigenvalue weighted by Gasteiger charge is -2.08. The Morgan fingerprint density at radius 1 is 1.41 bits per heavy atom. The molecule has 0 aromatic heterocycles. The van der Waals surface area contributed by atoms with E-state index in [4.69, 9.17) is 5.26 Å². The van der Waals surface area contributed by atoms with Crippen molar-refractivity contribution in [2.75, 3.05) is 11.1 Å². The van der Waals surface area contributed by atoms with E-state index in [0.29, 0.717) is 11.4 Å². The summed E-state index contributed by atoms with van der Waals surface area (Å²) in [4.78, 5) is 11.6. The highest BCUT2D eigenvalue weighted by Crippen LogP contribution is 2.16. The first-order valence-corrected chi connectivity index (χ1v) is 6.27. The van der Waals surface area contributed by atoms with Gasteiger partial charge in [-0.15, -0.1) is 0 Å². The highest BCUT2D eigenvalue weighted by Gasteiger charge is 2.12. The third kappa shape index (κ3) is 3.97. The molecule has 0 aliphatic carbocycles. The zero-order valence-electron chi connectivity index (χ0n) is 9.86. The summed E-state index contributed by atoms with van der Waals surface area (Å²) in [6, 6.07) is 11.4. The molecule has 17 heavy (non-hydrogen) atoms. The molecule has 4 heteroatoms. The lowest BCUT2D eigenvalue weighted by molar-refractivity contribution is -0.107. The van der Waals surface area contributed by atoms with Gasteiger partial charge in [-0.3, -0.25) is 4.79 Å². The third-order valence-electron chi connectivity index (χ3n) is 2.07. The van der Waals surface area contributed by atoms with Crippen molar-refractivity contribution in [1.82, 2.24) is 0 Å². The van der Waals surface area contributed by atoms with Gasteiger partial charge in [0.05, 0.1) is 0 Å². The van der Waals surface area contributed by atoms with Crippen LogP contribution in [-0.4, -0.2) is 10.9 Å². The predicted molar refractivity (Wildman–Crippen MR) is 71.5 cm³/mol. The molecule has 0 atom stereocenters. The maximum atomic E-state index is 11.6. The summed E-state index contributed by atoms with van der Waals surface area (Å²) >= 11 is 1.14. The van der Waals surface area contributed by atoms with Crippen LogP contribution in [-0.2, 0) is 4.79 Å². The molecule has 0 heterocycles. The molecule has 0 amide bonds. The Bertz CT molecular complexity index is 460. The smallest absolute Gasteiger partial charge is 0.231 e. The molecule has 0 fully saturated rings. The Morgan fingerprint density at radius 2 is 2.06 bits per heavy atom. The first-order chi connectivity index (χ1) is 8.19. The maximum Gasteiger partial charge on any atom is 0.231 e. The van der Waals surface area contributed by atoms with E-state index >= 15 is 0 Å². The van der Waals surface area contributed by atoms with E-state index in [1.165, 1.54) is 0 Å². The molecule has 1 aromatic rings. The Hall–Kier alpha value is -1.73. The summed E-state index contributed by atoms with van der Waals surface area (Å²) in [5.41, 5.74) is 1.64. The van der Waals surface area contributed by atoms with Crippen LogP contribution < -0.4 is 5.32 Å². The van der Waals surface area contributed by atoms with Gasteiger partial charge in [0.2, 0.25) is 5.12 Å². The quantitative estimate of drug-likeness (QED) is 0.655. The van der Waals surface area contributed by atoms with Crippen LogP contribution in [0.15, 0.2) is 41.6 Å². The number of nitriles is 1. The number of thioether (sulfide) groups is 1. The van der Waals surface area contributed by atoms with Crippen LogP contribution in [0.4, 0.5) is 5.69 Å². The fourth-order valence-corrected chi connectivity index (χ4v) is 1.89. The summed E-state index contributed by atoms with van der Waals surface area (Å²) in [5, 5.41) is 11.9. The van der Waals surface area contributed by atoms with E-state index in [0.717, 1.165) is 17.4 Å². The molecule has 0 saturated carbocycles. The molecular formula is C13H14N2OS. The summed E-state index contributed by atoms with van der Waals surface area (Å²) in [6.07, 6.45) is 0. The molecule has 88 valence electrons. The molecule has 3 nitrogen and oxygen atoms in total. The van der Waals surface area contributed by atoms with E-state index in [1.807, 2.05) is 43.3 Å². The number of nitrogens with one attached hydrogen (secondary N) is 1. The number of carbonyl (C=O) groups excluding carboxylic acids is 1. The van der Waals surface area contributed by atoms with Gasteiger partial charge < -0.3 is 5.32 Å². The van der Waals surface area contributed by atoms with Crippen molar-refractivity contribution < 1.29 is 4.79 Å². The van der Waals surface area contributed by atoms with Gasteiger partial charge in [0.25, 0.3) is 0 Å². The molecule has 0 aliphatic rings. The molecule has 1 N–H and O–H groups in total. The minimum absolute atomic E-state index is 0.181. The van der Waals surface area contributed by atoms with Crippen LogP contribution in [0.1, 0.15) is 13.8 Å². The van der Waals surface area contributed by atoms with Gasteiger partial charge in [0, 0.05) is 11.4 Å². The Labute approximate surface area is 106 Å².